The summed E-state index contributed by atoms with van der Waals surface area (Å²) >= 11 is 0. The molecule has 1 fully saturated rings. The highest BCUT2D eigenvalue weighted by Crippen LogP contribution is 2.30. The van der Waals surface area contributed by atoms with Crippen molar-refractivity contribution in [2.75, 3.05) is 19.6 Å². The van der Waals surface area contributed by atoms with Crippen LogP contribution in [0, 0.1) is 13.8 Å². The van der Waals surface area contributed by atoms with Crippen molar-refractivity contribution >= 4 is 16.8 Å². The van der Waals surface area contributed by atoms with Gasteiger partial charge in [-0.05, 0) is 51.8 Å². The van der Waals surface area contributed by atoms with E-state index in [1.807, 2.05) is 25.1 Å². The molecule has 1 aliphatic rings. The van der Waals surface area contributed by atoms with Crippen LogP contribution in [0.25, 0.3) is 22.0 Å². The van der Waals surface area contributed by atoms with E-state index >= 15 is 0 Å². The van der Waals surface area contributed by atoms with Gasteiger partial charge in [0.1, 0.15) is 0 Å². The molecule has 4 heteroatoms. The van der Waals surface area contributed by atoms with Gasteiger partial charge in [0.05, 0.1) is 11.1 Å². The Morgan fingerprint density at radius 2 is 1.93 bits per heavy atom. The molecule has 1 aromatic heterocycles. The van der Waals surface area contributed by atoms with Crippen molar-refractivity contribution in [2.24, 2.45) is 0 Å². The molecule has 2 aromatic carbocycles. The van der Waals surface area contributed by atoms with E-state index < -0.39 is 0 Å². The summed E-state index contributed by atoms with van der Waals surface area (Å²) < 4.78 is 0. The van der Waals surface area contributed by atoms with Crippen molar-refractivity contribution < 1.29 is 4.79 Å². The largest absolute Gasteiger partial charge is 0.351 e. The molecule has 1 amide bonds. The molecule has 4 nitrogen and oxygen atoms in total. The molecular weight excluding hydrogens is 370 g/mol. The van der Waals surface area contributed by atoms with Crippen LogP contribution in [-0.2, 0) is 0 Å². The summed E-state index contributed by atoms with van der Waals surface area (Å²) in [6, 6.07) is 17.1. The number of carbonyl (C=O) groups is 1. The zero-order chi connectivity index (χ0) is 21.1. The maximum Gasteiger partial charge on any atom is 0.252 e. The maximum atomic E-state index is 13.1. The normalized spacial score (nSPS) is 17.2. The van der Waals surface area contributed by atoms with Crippen LogP contribution in [-0.4, -0.2) is 41.5 Å². The number of nitrogens with one attached hydrogen (secondary N) is 1. The number of nitrogens with zero attached hydrogens (tertiary/aromatic N) is 2. The molecule has 0 unspecified atom stereocenters. The molecular formula is C26H31N3O. The van der Waals surface area contributed by atoms with Gasteiger partial charge in [-0.3, -0.25) is 14.7 Å². The molecule has 1 N–H and O–H groups in total. The number of aryl methyl sites for hydroxylation is 2. The Hall–Kier alpha value is -2.72. The smallest absolute Gasteiger partial charge is 0.252 e. The standard InChI is InChI=1S/C26H31N3O/c1-18-10-12-21(13-11-18)22-8-6-9-23-24(17-19(2)28-25(22)23)26(30)27-14-16-29-15-5-4-7-20(29)3/h6,8-13,17,20H,4-5,7,14-16H2,1-3H3,(H,27,30)/t20-/m0/s1. The Morgan fingerprint density at radius 3 is 2.70 bits per heavy atom. The highest BCUT2D eigenvalue weighted by Gasteiger charge is 2.19. The molecule has 30 heavy (non-hydrogen) atoms. The van der Waals surface area contributed by atoms with Crippen LogP contribution in [0.4, 0.5) is 0 Å². The van der Waals surface area contributed by atoms with Crippen LogP contribution < -0.4 is 5.32 Å². The van der Waals surface area contributed by atoms with Crippen LogP contribution in [0.2, 0.25) is 0 Å². The molecule has 0 aliphatic carbocycles. The number of benzene rings is 2. The monoisotopic (exact) mass is 401 g/mol. The van der Waals surface area contributed by atoms with E-state index in [9.17, 15) is 4.79 Å². The summed E-state index contributed by atoms with van der Waals surface area (Å²) in [7, 11) is 0. The van der Waals surface area contributed by atoms with Gasteiger partial charge in [-0.25, -0.2) is 0 Å². The first-order valence-corrected chi connectivity index (χ1v) is 11.0. The number of hydrogen-bond donors (Lipinski definition) is 1. The Labute approximate surface area is 179 Å². The van der Waals surface area contributed by atoms with Crippen LogP contribution in [0.5, 0.6) is 0 Å². The molecule has 0 saturated carbocycles. The molecule has 0 spiro atoms. The number of pyridine rings is 1. The third-order valence-electron chi connectivity index (χ3n) is 6.20. The molecule has 156 valence electrons. The Morgan fingerprint density at radius 1 is 1.13 bits per heavy atom. The minimum Gasteiger partial charge on any atom is -0.351 e. The van der Waals surface area contributed by atoms with Crippen molar-refractivity contribution in [3.05, 3.63) is 65.4 Å². The lowest BCUT2D eigenvalue weighted by Gasteiger charge is -2.33. The number of likely N-dealkylation sites (tertiary alicyclic amines) is 1. The second kappa shape index (κ2) is 8.97. The number of hydrogen-bond acceptors (Lipinski definition) is 3. The van der Waals surface area contributed by atoms with Gasteiger partial charge in [0.15, 0.2) is 0 Å². The number of rotatable bonds is 5. The first kappa shape index (κ1) is 20.5. The van der Waals surface area contributed by atoms with Crippen LogP contribution in [0.15, 0.2) is 48.5 Å². The second-order valence-corrected chi connectivity index (χ2v) is 8.52. The molecule has 1 atom stereocenters. The van der Waals surface area contributed by atoms with Crippen LogP contribution >= 0.6 is 0 Å². The lowest BCUT2D eigenvalue weighted by molar-refractivity contribution is 0.0940. The van der Waals surface area contributed by atoms with E-state index in [2.05, 4.69) is 54.4 Å². The predicted molar refractivity (Wildman–Crippen MR) is 124 cm³/mol. The Balaban J connectivity index is 1.58. The van der Waals surface area contributed by atoms with E-state index in [1.54, 1.807) is 0 Å². The summed E-state index contributed by atoms with van der Waals surface area (Å²) in [6.07, 6.45) is 3.83. The average Bonchev–Trinajstić information content (AvgIpc) is 2.74. The Kier molecular flexibility index (Phi) is 6.14. The molecule has 4 rings (SSSR count). The molecule has 0 bridgehead atoms. The second-order valence-electron chi connectivity index (χ2n) is 8.52. The van der Waals surface area contributed by atoms with Crippen molar-refractivity contribution in [1.82, 2.24) is 15.2 Å². The van der Waals surface area contributed by atoms with Crippen molar-refractivity contribution in [2.45, 2.75) is 46.1 Å². The van der Waals surface area contributed by atoms with Crippen molar-refractivity contribution in [3.8, 4) is 11.1 Å². The lowest BCUT2D eigenvalue weighted by atomic mass is 9.98. The fraction of sp³-hybridized carbons (Fsp3) is 0.385. The van der Waals surface area contributed by atoms with E-state index in [0.29, 0.717) is 18.2 Å². The number of carbonyl (C=O) groups excluding carboxylic acids is 1. The van der Waals surface area contributed by atoms with E-state index in [0.717, 1.165) is 40.8 Å². The van der Waals surface area contributed by atoms with Crippen molar-refractivity contribution in [1.29, 1.82) is 0 Å². The van der Waals surface area contributed by atoms with Crippen molar-refractivity contribution in [3.63, 3.8) is 0 Å². The molecule has 2 heterocycles. The first-order valence-electron chi connectivity index (χ1n) is 11.0. The van der Waals surface area contributed by atoms with Gasteiger partial charge in [0.25, 0.3) is 5.91 Å². The highest BCUT2D eigenvalue weighted by molar-refractivity contribution is 6.09. The molecule has 3 aromatic rings. The summed E-state index contributed by atoms with van der Waals surface area (Å²) in [4.78, 5) is 20.3. The predicted octanol–water partition coefficient (Wildman–Crippen LogP) is 5.12. The zero-order valence-corrected chi connectivity index (χ0v) is 18.2. The number of para-hydroxylation sites is 1. The quantitative estimate of drug-likeness (QED) is 0.645. The third-order valence-corrected chi connectivity index (χ3v) is 6.20. The summed E-state index contributed by atoms with van der Waals surface area (Å²) in [5.74, 6) is -0.0174. The van der Waals surface area contributed by atoms with E-state index in [4.69, 9.17) is 4.98 Å². The maximum absolute atomic E-state index is 13.1. The Bertz CT molecular complexity index is 1040. The third kappa shape index (κ3) is 4.39. The molecule has 0 radical (unpaired) electrons. The van der Waals surface area contributed by atoms with Gasteiger partial charge >= 0.3 is 0 Å². The SMILES string of the molecule is Cc1ccc(-c2cccc3c(C(=O)NCCN4CCCC[C@@H]4C)cc(C)nc23)cc1. The zero-order valence-electron chi connectivity index (χ0n) is 18.2. The first-order chi connectivity index (χ1) is 14.5. The van der Waals surface area contributed by atoms with Crippen LogP contribution in [0.1, 0.15) is 47.8 Å². The minimum atomic E-state index is -0.0174. The fourth-order valence-corrected chi connectivity index (χ4v) is 4.43. The summed E-state index contributed by atoms with van der Waals surface area (Å²) in [6.45, 7) is 9.04. The minimum absolute atomic E-state index is 0.0174. The topological polar surface area (TPSA) is 45.2 Å². The van der Waals surface area contributed by atoms with E-state index in [1.165, 1.54) is 24.8 Å². The molecule has 1 saturated heterocycles. The number of piperidine rings is 1. The number of amides is 1. The van der Waals surface area contributed by atoms with Gasteiger partial charge in [-0.1, -0.05) is 54.4 Å². The summed E-state index contributed by atoms with van der Waals surface area (Å²) in [5.41, 5.74) is 5.86. The fourth-order valence-electron chi connectivity index (χ4n) is 4.43. The van der Waals surface area contributed by atoms with E-state index in [-0.39, 0.29) is 5.91 Å². The molecule has 1 aliphatic heterocycles. The summed E-state index contributed by atoms with van der Waals surface area (Å²) in [5, 5.41) is 4.05. The highest BCUT2D eigenvalue weighted by atomic mass is 16.1. The number of fused-ring (bicyclic) bond motifs is 1. The van der Waals surface area contributed by atoms with Gasteiger partial charge < -0.3 is 5.32 Å². The lowest BCUT2D eigenvalue weighted by Crippen LogP contribution is -2.42. The average molecular weight is 402 g/mol. The van der Waals surface area contributed by atoms with Gasteiger partial charge in [-0.2, -0.15) is 0 Å². The number of aromatic nitrogens is 1. The van der Waals surface area contributed by atoms with Gasteiger partial charge in [0, 0.05) is 35.8 Å². The van der Waals surface area contributed by atoms with Gasteiger partial charge in [-0.15, -0.1) is 0 Å². The van der Waals surface area contributed by atoms with Crippen LogP contribution in [0.3, 0.4) is 0 Å². The van der Waals surface area contributed by atoms with Gasteiger partial charge in [0.2, 0.25) is 0 Å².